The SMILES string of the molecule is CC1CCC(O)C(Cc2ncccn2)C1. The van der Waals surface area contributed by atoms with Gasteiger partial charge in [-0.3, -0.25) is 0 Å². The van der Waals surface area contributed by atoms with Crippen LogP contribution in [0.15, 0.2) is 18.5 Å². The largest absolute Gasteiger partial charge is 0.393 e. The van der Waals surface area contributed by atoms with Gasteiger partial charge < -0.3 is 5.11 Å². The van der Waals surface area contributed by atoms with Crippen LogP contribution in [0.3, 0.4) is 0 Å². The molecule has 1 aliphatic carbocycles. The molecule has 3 nitrogen and oxygen atoms in total. The number of aromatic nitrogens is 2. The topological polar surface area (TPSA) is 46.0 Å². The van der Waals surface area contributed by atoms with Crippen LogP contribution < -0.4 is 0 Å². The Kier molecular flexibility index (Phi) is 3.31. The molecule has 1 saturated carbocycles. The first-order chi connectivity index (χ1) is 7.25. The van der Waals surface area contributed by atoms with Gasteiger partial charge in [0.25, 0.3) is 0 Å². The fourth-order valence-electron chi connectivity index (χ4n) is 2.37. The van der Waals surface area contributed by atoms with Crippen LogP contribution in [0.25, 0.3) is 0 Å². The zero-order valence-electron chi connectivity index (χ0n) is 9.13. The lowest BCUT2D eigenvalue weighted by atomic mass is 9.78. The summed E-state index contributed by atoms with van der Waals surface area (Å²) in [6.45, 7) is 2.25. The summed E-state index contributed by atoms with van der Waals surface area (Å²) in [4.78, 5) is 8.42. The van der Waals surface area contributed by atoms with E-state index in [0.717, 1.165) is 37.4 Å². The van der Waals surface area contributed by atoms with Crippen LogP contribution in [0.4, 0.5) is 0 Å². The first kappa shape index (κ1) is 10.6. The molecule has 0 amide bonds. The number of nitrogens with zero attached hydrogens (tertiary/aromatic N) is 2. The number of rotatable bonds is 2. The number of hydrogen-bond donors (Lipinski definition) is 1. The van der Waals surface area contributed by atoms with Crippen LogP contribution >= 0.6 is 0 Å². The first-order valence-corrected chi connectivity index (χ1v) is 5.69. The van der Waals surface area contributed by atoms with Gasteiger partial charge in [-0.05, 0) is 37.2 Å². The van der Waals surface area contributed by atoms with Crippen molar-refractivity contribution < 1.29 is 5.11 Å². The highest BCUT2D eigenvalue weighted by atomic mass is 16.3. The van der Waals surface area contributed by atoms with Gasteiger partial charge in [-0.25, -0.2) is 9.97 Å². The Morgan fingerprint density at radius 3 is 2.80 bits per heavy atom. The van der Waals surface area contributed by atoms with E-state index in [2.05, 4.69) is 16.9 Å². The van der Waals surface area contributed by atoms with Crippen molar-refractivity contribution >= 4 is 0 Å². The third-order valence-electron chi connectivity index (χ3n) is 3.27. The van der Waals surface area contributed by atoms with Crippen molar-refractivity contribution in [1.29, 1.82) is 0 Å². The summed E-state index contributed by atoms with van der Waals surface area (Å²) in [6, 6.07) is 1.82. The van der Waals surface area contributed by atoms with Crippen molar-refractivity contribution in [3.63, 3.8) is 0 Å². The summed E-state index contributed by atoms with van der Waals surface area (Å²) < 4.78 is 0. The van der Waals surface area contributed by atoms with Gasteiger partial charge in [0.15, 0.2) is 0 Å². The first-order valence-electron chi connectivity index (χ1n) is 5.69. The van der Waals surface area contributed by atoms with Gasteiger partial charge in [0.1, 0.15) is 5.82 Å². The Labute approximate surface area is 90.6 Å². The third kappa shape index (κ3) is 2.75. The second kappa shape index (κ2) is 4.71. The summed E-state index contributed by atoms with van der Waals surface area (Å²) in [5.41, 5.74) is 0. The maximum absolute atomic E-state index is 9.89. The highest BCUT2D eigenvalue weighted by molar-refractivity contribution is 4.93. The predicted octanol–water partition coefficient (Wildman–Crippen LogP) is 1.82. The Morgan fingerprint density at radius 2 is 2.07 bits per heavy atom. The van der Waals surface area contributed by atoms with Crippen molar-refractivity contribution in [1.82, 2.24) is 9.97 Å². The van der Waals surface area contributed by atoms with Crippen molar-refractivity contribution in [2.75, 3.05) is 0 Å². The summed E-state index contributed by atoms with van der Waals surface area (Å²) in [7, 11) is 0. The number of aliphatic hydroxyl groups is 1. The highest BCUT2D eigenvalue weighted by Crippen LogP contribution is 2.30. The monoisotopic (exact) mass is 206 g/mol. The van der Waals surface area contributed by atoms with Gasteiger partial charge in [0, 0.05) is 18.8 Å². The number of hydrogen-bond acceptors (Lipinski definition) is 3. The van der Waals surface area contributed by atoms with E-state index in [1.807, 2.05) is 6.07 Å². The van der Waals surface area contributed by atoms with Crippen LogP contribution in [0.2, 0.25) is 0 Å². The van der Waals surface area contributed by atoms with E-state index in [1.54, 1.807) is 12.4 Å². The standard InChI is InChI=1S/C12H18N2O/c1-9-3-4-11(15)10(7-9)8-12-13-5-2-6-14-12/h2,5-6,9-11,15H,3-4,7-8H2,1H3. The van der Waals surface area contributed by atoms with Gasteiger partial charge in [0.2, 0.25) is 0 Å². The molecule has 0 aliphatic heterocycles. The molecule has 2 rings (SSSR count). The minimum atomic E-state index is -0.162. The van der Waals surface area contributed by atoms with Crippen molar-refractivity contribution in [3.05, 3.63) is 24.3 Å². The van der Waals surface area contributed by atoms with E-state index >= 15 is 0 Å². The van der Waals surface area contributed by atoms with E-state index in [-0.39, 0.29) is 6.10 Å². The maximum atomic E-state index is 9.89. The molecule has 1 N–H and O–H groups in total. The van der Waals surface area contributed by atoms with Crippen molar-refractivity contribution in [2.24, 2.45) is 11.8 Å². The molecule has 1 aromatic heterocycles. The van der Waals surface area contributed by atoms with Gasteiger partial charge in [-0.15, -0.1) is 0 Å². The molecule has 15 heavy (non-hydrogen) atoms. The Hall–Kier alpha value is -0.960. The lowest BCUT2D eigenvalue weighted by molar-refractivity contribution is 0.0509. The molecule has 0 bridgehead atoms. The lowest BCUT2D eigenvalue weighted by Gasteiger charge is -2.31. The quantitative estimate of drug-likeness (QED) is 0.802. The molecule has 1 aromatic rings. The van der Waals surface area contributed by atoms with E-state index < -0.39 is 0 Å². The summed E-state index contributed by atoms with van der Waals surface area (Å²) in [5, 5.41) is 9.89. The van der Waals surface area contributed by atoms with Crippen LogP contribution in [-0.4, -0.2) is 21.2 Å². The molecule has 0 spiro atoms. The molecule has 3 heteroatoms. The predicted molar refractivity (Wildman–Crippen MR) is 58.2 cm³/mol. The average Bonchev–Trinajstić information content (AvgIpc) is 2.25. The van der Waals surface area contributed by atoms with Gasteiger partial charge in [0.05, 0.1) is 6.10 Å². The van der Waals surface area contributed by atoms with Gasteiger partial charge >= 0.3 is 0 Å². The lowest BCUT2D eigenvalue weighted by Crippen LogP contribution is -2.30. The number of aliphatic hydroxyl groups excluding tert-OH is 1. The minimum Gasteiger partial charge on any atom is -0.393 e. The molecule has 3 atom stereocenters. The van der Waals surface area contributed by atoms with E-state index in [0.29, 0.717) is 5.92 Å². The Morgan fingerprint density at radius 1 is 1.33 bits per heavy atom. The summed E-state index contributed by atoms with van der Waals surface area (Å²) in [5.74, 6) is 1.92. The fraction of sp³-hybridized carbons (Fsp3) is 0.667. The molecular formula is C12H18N2O. The van der Waals surface area contributed by atoms with E-state index in [1.165, 1.54) is 0 Å². The smallest absolute Gasteiger partial charge is 0.128 e. The molecular weight excluding hydrogens is 188 g/mol. The molecule has 1 fully saturated rings. The molecule has 1 aliphatic rings. The molecule has 0 radical (unpaired) electrons. The molecule has 3 unspecified atom stereocenters. The van der Waals surface area contributed by atoms with Crippen molar-refractivity contribution in [2.45, 2.75) is 38.7 Å². The van der Waals surface area contributed by atoms with Crippen LogP contribution in [0.1, 0.15) is 32.0 Å². The molecule has 82 valence electrons. The van der Waals surface area contributed by atoms with Crippen LogP contribution in [0, 0.1) is 11.8 Å². The highest BCUT2D eigenvalue weighted by Gasteiger charge is 2.27. The van der Waals surface area contributed by atoms with E-state index in [9.17, 15) is 5.11 Å². The van der Waals surface area contributed by atoms with Gasteiger partial charge in [-0.2, -0.15) is 0 Å². The zero-order chi connectivity index (χ0) is 10.7. The van der Waals surface area contributed by atoms with E-state index in [4.69, 9.17) is 0 Å². The normalized spacial score (nSPS) is 31.5. The van der Waals surface area contributed by atoms with Gasteiger partial charge in [-0.1, -0.05) is 6.92 Å². The molecule has 1 heterocycles. The zero-order valence-corrected chi connectivity index (χ0v) is 9.13. The third-order valence-corrected chi connectivity index (χ3v) is 3.27. The Balaban J connectivity index is 1.98. The maximum Gasteiger partial charge on any atom is 0.128 e. The van der Waals surface area contributed by atoms with Crippen molar-refractivity contribution in [3.8, 4) is 0 Å². The molecule has 0 aromatic carbocycles. The second-order valence-corrected chi connectivity index (χ2v) is 4.61. The Bertz CT molecular complexity index is 302. The van der Waals surface area contributed by atoms with Crippen LogP contribution in [-0.2, 0) is 6.42 Å². The van der Waals surface area contributed by atoms with Crippen LogP contribution in [0.5, 0.6) is 0 Å². The summed E-state index contributed by atoms with van der Waals surface area (Å²) in [6.07, 6.45) is 7.35. The summed E-state index contributed by atoms with van der Waals surface area (Å²) >= 11 is 0. The average molecular weight is 206 g/mol. The minimum absolute atomic E-state index is 0.162. The fourth-order valence-corrected chi connectivity index (χ4v) is 2.37. The second-order valence-electron chi connectivity index (χ2n) is 4.61. The molecule has 0 saturated heterocycles.